The minimum absolute atomic E-state index is 0.0555. The molecule has 0 fully saturated rings. The van der Waals surface area contributed by atoms with Gasteiger partial charge in [0.1, 0.15) is 17.6 Å². The van der Waals surface area contributed by atoms with Gasteiger partial charge in [0.05, 0.1) is 6.61 Å². The molecule has 0 saturated heterocycles. The minimum atomic E-state index is -0.412. The summed E-state index contributed by atoms with van der Waals surface area (Å²) in [6.07, 6.45) is 0. The third-order valence-electron chi connectivity index (χ3n) is 2.86. The van der Waals surface area contributed by atoms with E-state index in [0.717, 1.165) is 0 Å². The average molecular weight is 276 g/mol. The van der Waals surface area contributed by atoms with Gasteiger partial charge in [0.2, 0.25) is 0 Å². The second-order valence-corrected chi connectivity index (χ2v) is 4.15. The number of hydrogen-bond donors (Lipinski definition) is 1. The fraction of sp³-hybridized carbons (Fsp3) is 0.385. The summed E-state index contributed by atoms with van der Waals surface area (Å²) in [6.45, 7) is 4.21. The molecule has 1 aromatic heterocycles. The molecule has 0 spiro atoms. The largest absolute Gasteiger partial charge is 0.465 e. The Hall–Kier alpha value is -2.44. The van der Waals surface area contributed by atoms with Gasteiger partial charge in [-0.2, -0.15) is 15.4 Å². The van der Waals surface area contributed by atoms with Crippen LogP contribution in [0.5, 0.6) is 0 Å². The summed E-state index contributed by atoms with van der Waals surface area (Å²) in [5.41, 5.74) is 1.77. The first-order valence-electron chi connectivity index (χ1n) is 6.41. The molecule has 0 bridgehead atoms. The molecule has 0 atom stereocenters. The Labute approximate surface area is 115 Å². The monoisotopic (exact) mass is 276 g/mol. The maximum absolute atomic E-state index is 12.3. The molecule has 20 heavy (non-hydrogen) atoms. The fourth-order valence-electron chi connectivity index (χ4n) is 1.85. The summed E-state index contributed by atoms with van der Waals surface area (Å²) in [5, 5.41) is 10.4. The molecule has 2 aromatic rings. The third-order valence-corrected chi connectivity index (χ3v) is 2.86. The van der Waals surface area contributed by atoms with Gasteiger partial charge in [-0.05, 0) is 32.0 Å². The maximum Gasteiger partial charge on any atom is 0.325 e. The number of nitrogens with zero attached hydrogens (tertiary/aromatic N) is 3. The number of benzene rings is 1. The highest BCUT2D eigenvalue weighted by molar-refractivity contribution is 5.98. The van der Waals surface area contributed by atoms with E-state index in [4.69, 9.17) is 4.74 Å². The van der Waals surface area contributed by atoms with E-state index in [-0.39, 0.29) is 12.5 Å². The molecule has 1 aromatic carbocycles. The van der Waals surface area contributed by atoms with Crippen molar-refractivity contribution in [3.63, 3.8) is 0 Å². The van der Waals surface area contributed by atoms with Gasteiger partial charge in [-0.25, -0.2) is 0 Å². The van der Waals surface area contributed by atoms with Gasteiger partial charge in [0.25, 0.3) is 5.91 Å². The number of aromatic amines is 1. The van der Waals surface area contributed by atoms with E-state index in [1.54, 1.807) is 25.1 Å². The number of rotatable bonds is 5. The Morgan fingerprint density at radius 2 is 2.00 bits per heavy atom. The molecule has 0 radical (unpaired) electrons. The van der Waals surface area contributed by atoms with Crippen molar-refractivity contribution in [1.82, 2.24) is 20.3 Å². The highest BCUT2D eigenvalue weighted by atomic mass is 16.5. The summed E-state index contributed by atoms with van der Waals surface area (Å²) >= 11 is 0. The second-order valence-electron chi connectivity index (χ2n) is 4.15. The van der Waals surface area contributed by atoms with Crippen LogP contribution in [-0.4, -0.2) is 51.9 Å². The molecule has 7 heteroatoms. The molecule has 1 heterocycles. The lowest BCUT2D eigenvalue weighted by atomic mass is 10.1. The van der Waals surface area contributed by atoms with Crippen LogP contribution < -0.4 is 0 Å². The zero-order chi connectivity index (χ0) is 14.5. The van der Waals surface area contributed by atoms with Crippen molar-refractivity contribution in [2.75, 3.05) is 19.7 Å². The molecule has 106 valence electrons. The third kappa shape index (κ3) is 2.93. The number of hydrogen-bond acceptors (Lipinski definition) is 5. The van der Waals surface area contributed by atoms with E-state index in [2.05, 4.69) is 15.4 Å². The lowest BCUT2D eigenvalue weighted by Gasteiger charge is -2.19. The van der Waals surface area contributed by atoms with Crippen LogP contribution in [0, 0.1) is 0 Å². The number of carbonyl (C=O) groups is 2. The van der Waals surface area contributed by atoms with E-state index >= 15 is 0 Å². The number of esters is 1. The molecular weight excluding hydrogens is 260 g/mol. The summed E-state index contributed by atoms with van der Waals surface area (Å²) in [6, 6.07) is 5.03. The molecule has 0 aliphatic heterocycles. The predicted molar refractivity (Wildman–Crippen MR) is 72.1 cm³/mol. The Kier molecular flexibility index (Phi) is 4.29. The van der Waals surface area contributed by atoms with Crippen molar-refractivity contribution in [1.29, 1.82) is 0 Å². The second kappa shape index (κ2) is 6.14. The van der Waals surface area contributed by atoms with Gasteiger partial charge < -0.3 is 9.64 Å². The van der Waals surface area contributed by atoms with Gasteiger partial charge in [-0.3, -0.25) is 9.59 Å². The van der Waals surface area contributed by atoms with E-state index in [9.17, 15) is 9.59 Å². The van der Waals surface area contributed by atoms with Gasteiger partial charge in [0, 0.05) is 12.1 Å². The van der Waals surface area contributed by atoms with Gasteiger partial charge in [-0.15, -0.1) is 0 Å². The molecule has 1 amide bonds. The Balaban J connectivity index is 2.16. The van der Waals surface area contributed by atoms with Gasteiger partial charge in [-0.1, -0.05) is 0 Å². The highest BCUT2D eigenvalue weighted by Gasteiger charge is 2.18. The van der Waals surface area contributed by atoms with Crippen LogP contribution in [0.25, 0.3) is 11.0 Å². The molecule has 7 nitrogen and oxygen atoms in total. The summed E-state index contributed by atoms with van der Waals surface area (Å²) in [7, 11) is 0. The summed E-state index contributed by atoms with van der Waals surface area (Å²) < 4.78 is 4.86. The first kappa shape index (κ1) is 14.0. The number of fused-ring (bicyclic) bond motifs is 1. The van der Waals surface area contributed by atoms with Crippen LogP contribution in [0.2, 0.25) is 0 Å². The number of ether oxygens (including phenoxy) is 1. The van der Waals surface area contributed by atoms with E-state index < -0.39 is 5.97 Å². The number of H-pyrrole nitrogens is 1. The van der Waals surface area contributed by atoms with Crippen LogP contribution >= 0.6 is 0 Å². The van der Waals surface area contributed by atoms with Gasteiger partial charge in [0.15, 0.2) is 0 Å². The van der Waals surface area contributed by atoms with Crippen LogP contribution in [0.3, 0.4) is 0 Å². The van der Waals surface area contributed by atoms with Crippen molar-refractivity contribution in [2.45, 2.75) is 13.8 Å². The van der Waals surface area contributed by atoms with Crippen LogP contribution in [-0.2, 0) is 9.53 Å². The summed E-state index contributed by atoms with van der Waals surface area (Å²) in [5.74, 6) is -0.643. The van der Waals surface area contributed by atoms with Crippen molar-refractivity contribution >= 4 is 22.9 Å². The SMILES string of the molecule is CCOC(=O)CN(CC)C(=O)c1ccc2n[nH]nc2c1. The average Bonchev–Trinajstić information content (AvgIpc) is 2.91. The Morgan fingerprint density at radius 1 is 1.25 bits per heavy atom. The molecule has 0 aliphatic carbocycles. The van der Waals surface area contributed by atoms with Crippen LogP contribution in [0.4, 0.5) is 0 Å². The van der Waals surface area contributed by atoms with Gasteiger partial charge >= 0.3 is 5.97 Å². The molecule has 0 saturated carbocycles. The van der Waals surface area contributed by atoms with Crippen molar-refractivity contribution in [3.8, 4) is 0 Å². The van der Waals surface area contributed by atoms with Crippen molar-refractivity contribution in [3.05, 3.63) is 23.8 Å². The Morgan fingerprint density at radius 3 is 2.70 bits per heavy atom. The Bertz CT molecular complexity index is 623. The predicted octanol–water partition coefficient (Wildman–Crippen LogP) is 0.983. The summed E-state index contributed by atoms with van der Waals surface area (Å²) in [4.78, 5) is 25.2. The number of aromatic nitrogens is 3. The lowest BCUT2D eigenvalue weighted by molar-refractivity contribution is -0.143. The standard InChI is InChI=1S/C13H16N4O3/c1-3-17(8-12(18)20-4-2)13(19)9-5-6-10-11(7-9)15-16-14-10/h5-7H,3-4,8H2,1-2H3,(H,14,15,16). The smallest absolute Gasteiger partial charge is 0.325 e. The highest BCUT2D eigenvalue weighted by Crippen LogP contribution is 2.12. The molecule has 0 aliphatic rings. The fourth-order valence-corrected chi connectivity index (χ4v) is 1.85. The van der Waals surface area contributed by atoms with E-state index in [0.29, 0.717) is 29.7 Å². The first-order valence-corrected chi connectivity index (χ1v) is 6.41. The number of likely N-dealkylation sites (N-methyl/N-ethyl adjacent to an activating group) is 1. The number of amides is 1. The molecular formula is C13H16N4O3. The number of carbonyl (C=O) groups excluding carboxylic acids is 2. The van der Waals surface area contributed by atoms with Crippen LogP contribution in [0.1, 0.15) is 24.2 Å². The normalized spacial score (nSPS) is 10.5. The minimum Gasteiger partial charge on any atom is -0.465 e. The van der Waals surface area contributed by atoms with E-state index in [1.807, 2.05) is 6.92 Å². The van der Waals surface area contributed by atoms with E-state index in [1.165, 1.54) is 4.90 Å². The van der Waals surface area contributed by atoms with Crippen molar-refractivity contribution < 1.29 is 14.3 Å². The number of nitrogens with one attached hydrogen (secondary N) is 1. The zero-order valence-corrected chi connectivity index (χ0v) is 11.4. The molecule has 1 N–H and O–H groups in total. The first-order chi connectivity index (χ1) is 9.65. The maximum atomic E-state index is 12.3. The van der Waals surface area contributed by atoms with Crippen molar-refractivity contribution in [2.24, 2.45) is 0 Å². The zero-order valence-electron chi connectivity index (χ0n) is 11.4. The lowest BCUT2D eigenvalue weighted by Crippen LogP contribution is -2.36. The quantitative estimate of drug-likeness (QED) is 0.822. The molecule has 2 rings (SSSR count). The topological polar surface area (TPSA) is 88.2 Å². The molecule has 0 unspecified atom stereocenters. The van der Waals surface area contributed by atoms with Crippen LogP contribution in [0.15, 0.2) is 18.2 Å².